The van der Waals surface area contributed by atoms with Crippen LogP contribution in [0.3, 0.4) is 0 Å². The van der Waals surface area contributed by atoms with Crippen LogP contribution in [0.15, 0.2) is 48.5 Å². The van der Waals surface area contributed by atoms with E-state index in [1.165, 1.54) is 82.6 Å². The largest absolute Gasteiger partial charge is 0.478 e. The Balaban J connectivity index is 0.000000357. The van der Waals surface area contributed by atoms with Gasteiger partial charge in [-0.1, -0.05) is 101 Å². The molecule has 0 saturated heterocycles. The van der Waals surface area contributed by atoms with E-state index in [1.54, 1.807) is 12.1 Å². The van der Waals surface area contributed by atoms with Crippen molar-refractivity contribution in [1.29, 1.82) is 0 Å². The molecule has 0 aliphatic heterocycles. The van der Waals surface area contributed by atoms with Crippen molar-refractivity contribution >= 4 is 5.97 Å². The van der Waals surface area contributed by atoms with Crippen molar-refractivity contribution in [3.63, 3.8) is 0 Å². The summed E-state index contributed by atoms with van der Waals surface area (Å²) in [6.07, 6.45) is 17.2. The molecule has 0 atom stereocenters. The van der Waals surface area contributed by atoms with E-state index < -0.39 is 5.97 Å². The number of hydrogen-bond acceptors (Lipinski definition) is 2. The summed E-state index contributed by atoms with van der Waals surface area (Å²) in [6.45, 7) is 2.25. The average molecular weight is 424 g/mol. The summed E-state index contributed by atoms with van der Waals surface area (Å²) in [7, 11) is 0. The lowest BCUT2D eigenvalue weighted by atomic mass is 10.00. The molecule has 1 aliphatic rings. The second kappa shape index (κ2) is 14.8. The highest BCUT2D eigenvalue weighted by atomic mass is 16.4. The standard InChI is InChI=1S/C21H26O2.C7H15N/c1-2-3-4-5-6-7-8-17-9-11-18(12-10-17)19-13-15-20(16-14-19)21(22)23;8-7-5-3-1-2-4-6-7/h9-16H,2-8H2,1H3,(H,22,23);7H,1-6,8H2. The van der Waals surface area contributed by atoms with E-state index in [2.05, 4.69) is 31.2 Å². The van der Waals surface area contributed by atoms with Crippen LogP contribution in [-0.2, 0) is 6.42 Å². The minimum Gasteiger partial charge on any atom is -0.478 e. The van der Waals surface area contributed by atoms with Gasteiger partial charge in [0.1, 0.15) is 0 Å². The van der Waals surface area contributed by atoms with Gasteiger partial charge in [-0.3, -0.25) is 0 Å². The SMILES string of the molecule is CCCCCCCCc1ccc(-c2ccc(C(=O)O)cc2)cc1.NC1CCCCCC1. The Morgan fingerprint density at radius 2 is 1.32 bits per heavy atom. The van der Waals surface area contributed by atoms with Crippen molar-refractivity contribution in [2.45, 2.75) is 96.4 Å². The number of rotatable bonds is 9. The lowest BCUT2D eigenvalue weighted by Crippen LogP contribution is -2.17. The summed E-state index contributed by atoms with van der Waals surface area (Å²) < 4.78 is 0. The molecule has 3 heteroatoms. The van der Waals surface area contributed by atoms with Crippen LogP contribution in [0.2, 0.25) is 0 Å². The molecular weight excluding hydrogens is 382 g/mol. The quantitative estimate of drug-likeness (QED) is 0.322. The molecule has 1 aliphatic carbocycles. The van der Waals surface area contributed by atoms with E-state index in [1.807, 2.05) is 12.1 Å². The fourth-order valence-corrected chi connectivity index (χ4v) is 4.09. The molecule has 3 N–H and O–H groups in total. The molecule has 0 bridgehead atoms. The van der Waals surface area contributed by atoms with Gasteiger partial charge in [0, 0.05) is 6.04 Å². The van der Waals surface area contributed by atoms with Crippen LogP contribution in [0.5, 0.6) is 0 Å². The Kier molecular flexibility index (Phi) is 12.0. The van der Waals surface area contributed by atoms with Crippen LogP contribution in [0.4, 0.5) is 0 Å². The van der Waals surface area contributed by atoms with E-state index >= 15 is 0 Å². The van der Waals surface area contributed by atoms with Crippen LogP contribution in [0.1, 0.15) is 99.9 Å². The monoisotopic (exact) mass is 423 g/mol. The Morgan fingerprint density at radius 3 is 1.87 bits per heavy atom. The van der Waals surface area contributed by atoms with Gasteiger partial charge in [-0.2, -0.15) is 0 Å². The van der Waals surface area contributed by atoms with Gasteiger partial charge in [-0.05, 0) is 54.5 Å². The molecule has 3 nitrogen and oxygen atoms in total. The molecule has 2 aromatic carbocycles. The first-order valence-corrected chi connectivity index (χ1v) is 12.3. The summed E-state index contributed by atoms with van der Waals surface area (Å²) in [5.41, 5.74) is 9.63. The number of carbonyl (C=O) groups is 1. The second-order valence-corrected chi connectivity index (χ2v) is 8.85. The Hall–Kier alpha value is -2.13. The molecule has 3 rings (SSSR count). The van der Waals surface area contributed by atoms with Crippen molar-refractivity contribution < 1.29 is 9.90 Å². The summed E-state index contributed by atoms with van der Waals surface area (Å²) in [5.74, 6) is -0.883. The fourth-order valence-electron chi connectivity index (χ4n) is 4.09. The van der Waals surface area contributed by atoms with Crippen LogP contribution in [0.25, 0.3) is 11.1 Å². The summed E-state index contributed by atoms with van der Waals surface area (Å²) in [6, 6.07) is 16.2. The van der Waals surface area contributed by atoms with Gasteiger partial charge in [0.2, 0.25) is 0 Å². The fraction of sp³-hybridized carbons (Fsp3) is 0.536. The highest BCUT2D eigenvalue weighted by Crippen LogP contribution is 2.21. The molecule has 1 saturated carbocycles. The zero-order chi connectivity index (χ0) is 22.3. The molecule has 0 unspecified atom stereocenters. The molecule has 31 heavy (non-hydrogen) atoms. The maximum atomic E-state index is 10.9. The number of unbranched alkanes of at least 4 members (excludes halogenated alkanes) is 5. The number of hydrogen-bond donors (Lipinski definition) is 2. The van der Waals surface area contributed by atoms with Crippen molar-refractivity contribution in [1.82, 2.24) is 0 Å². The van der Waals surface area contributed by atoms with Crippen LogP contribution < -0.4 is 5.73 Å². The molecule has 0 radical (unpaired) electrons. The molecule has 0 aromatic heterocycles. The Bertz CT molecular complexity index is 729. The Morgan fingerprint density at radius 1 is 0.806 bits per heavy atom. The third-order valence-corrected chi connectivity index (χ3v) is 6.14. The Labute approximate surface area is 189 Å². The van der Waals surface area contributed by atoms with Gasteiger partial charge in [0.05, 0.1) is 5.56 Å². The van der Waals surface area contributed by atoms with Crippen molar-refractivity contribution in [2.24, 2.45) is 5.73 Å². The number of benzene rings is 2. The molecule has 1 fully saturated rings. The first kappa shape index (κ1) is 25.1. The summed E-state index contributed by atoms with van der Waals surface area (Å²) in [4.78, 5) is 10.9. The lowest BCUT2D eigenvalue weighted by Gasteiger charge is -2.05. The van der Waals surface area contributed by atoms with Crippen molar-refractivity contribution in [3.05, 3.63) is 59.7 Å². The van der Waals surface area contributed by atoms with Crippen LogP contribution >= 0.6 is 0 Å². The number of aryl methyl sites for hydroxylation is 1. The first-order valence-electron chi connectivity index (χ1n) is 12.3. The lowest BCUT2D eigenvalue weighted by molar-refractivity contribution is 0.0697. The number of carboxylic acids is 1. The minimum absolute atomic E-state index is 0.327. The van der Waals surface area contributed by atoms with Gasteiger partial charge in [0.25, 0.3) is 0 Å². The third-order valence-electron chi connectivity index (χ3n) is 6.14. The molecular formula is C28H41NO2. The van der Waals surface area contributed by atoms with Crippen LogP contribution in [0, 0.1) is 0 Å². The third kappa shape index (κ3) is 10.1. The highest BCUT2D eigenvalue weighted by molar-refractivity contribution is 5.88. The number of aromatic carboxylic acids is 1. The van der Waals surface area contributed by atoms with Gasteiger partial charge < -0.3 is 10.8 Å². The molecule has 0 heterocycles. The van der Waals surface area contributed by atoms with E-state index in [4.69, 9.17) is 10.8 Å². The highest BCUT2D eigenvalue weighted by Gasteiger charge is 2.05. The van der Waals surface area contributed by atoms with E-state index in [0.29, 0.717) is 11.6 Å². The van der Waals surface area contributed by atoms with E-state index in [0.717, 1.165) is 17.5 Å². The van der Waals surface area contributed by atoms with Gasteiger partial charge >= 0.3 is 5.97 Å². The minimum atomic E-state index is -0.883. The zero-order valence-corrected chi connectivity index (χ0v) is 19.3. The van der Waals surface area contributed by atoms with Gasteiger partial charge in [-0.25, -0.2) is 4.79 Å². The first-order chi connectivity index (χ1) is 15.1. The van der Waals surface area contributed by atoms with E-state index in [9.17, 15) is 4.79 Å². The van der Waals surface area contributed by atoms with Gasteiger partial charge in [-0.15, -0.1) is 0 Å². The molecule has 0 spiro atoms. The number of carboxylic acid groups (broad SMARTS) is 1. The smallest absolute Gasteiger partial charge is 0.335 e. The van der Waals surface area contributed by atoms with E-state index in [-0.39, 0.29) is 0 Å². The van der Waals surface area contributed by atoms with Crippen molar-refractivity contribution in [3.8, 4) is 11.1 Å². The predicted molar refractivity (Wildman–Crippen MR) is 132 cm³/mol. The summed E-state index contributed by atoms with van der Waals surface area (Å²) >= 11 is 0. The summed E-state index contributed by atoms with van der Waals surface area (Å²) in [5, 5.41) is 8.93. The predicted octanol–water partition coefficient (Wildman–Crippen LogP) is 7.62. The van der Waals surface area contributed by atoms with Gasteiger partial charge in [0.15, 0.2) is 0 Å². The second-order valence-electron chi connectivity index (χ2n) is 8.85. The number of nitrogens with two attached hydrogens (primary N) is 1. The molecule has 170 valence electrons. The van der Waals surface area contributed by atoms with Crippen molar-refractivity contribution in [2.75, 3.05) is 0 Å². The molecule has 0 amide bonds. The maximum absolute atomic E-state index is 10.9. The van der Waals surface area contributed by atoms with Crippen LogP contribution in [-0.4, -0.2) is 17.1 Å². The normalized spacial score (nSPS) is 14.4. The topological polar surface area (TPSA) is 63.3 Å². The average Bonchev–Trinajstić information content (AvgIpc) is 3.04. The zero-order valence-electron chi connectivity index (χ0n) is 19.3. The maximum Gasteiger partial charge on any atom is 0.335 e. The molecule has 2 aromatic rings.